The number of anilines is 1. The van der Waals surface area contributed by atoms with Crippen molar-refractivity contribution in [3.63, 3.8) is 0 Å². The molecule has 0 saturated heterocycles. The Hall–Kier alpha value is -2.90. The van der Waals surface area contributed by atoms with Crippen LogP contribution in [0.2, 0.25) is 0 Å². The van der Waals surface area contributed by atoms with Gasteiger partial charge in [0, 0.05) is 12.1 Å². The van der Waals surface area contributed by atoms with Crippen LogP contribution in [-0.2, 0) is 6.42 Å². The molecule has 1 heterocycles. The molecule has 2 N–H and O–H groups in total. The fourth-order valence-electron chi connectivity index (χ4n) is 1.79. The fourth-order valence-corrected chi connectivity index (χ4v) is 1.79. The van der Waals surface area contributed by atoms with E-state index in [4.69, 9.17) is 15.2 Å². The van der Waals surface area contributed by atoms with Gasteiger partial charge in [0.15, 0.2) is 0 Å². The highest BCUT2D eigenvalue weighted by Gasteiger charge is 2.19. The first-order valence-electron chi connectivity index (χ1n) is 6.16. The summed E-state index contributed by atoms with van der Waals surface area (Å²) >= 11 is 0. The first-order valence-corrected chi connectivity index (χ1v) is 6.16. The molecule has 8 nitrogen and oxygen atoms in total. The lowest BCUT2D eigenvalue weighted by molar-refractivity contribution is -0.385. The van der Waals surface area contributed by atoms with Crippen molar-refractivity contribution in [2.45, 2.75) is 13.3 Å². The number of nitro benzene ring substituents is 1. The number of rotatable bonds is 5. The zero-order chi connectivity index (χ0) is 15.4. The van der Waals surface area contributed by atoms with Gasteiger partial charge in [-0.2, -0.15) is 0 Å². The number of ether oxygens (including phenoxy) is 2. The summed E-state index contributed by atoms with van der Waals surface area (Å²) in [4.78, 5) is 18.4. The van der Waals surface area contributed by atoms with E-state index in [1.54, 1.807) is 0 Å². The second kappa shape index (κ2) is 6.04. The topological polar surface area (TPSA) is 113 Å². The Morgan fingerprint density at radius 3 is 2.76 bits per heavy atom. The number of nitrogens with two attached hydrogens (primary N) is 1. The van der Waals surface area contributed by atoms with Crippen molar-refractivity contribution < 1.29 is 14.4 Å². The van der Waals surface area contributed by atoms with Crippen LogP contribution in [0.25, 0.3) is 0 Å². The summed E-state index contributed by atoms with van der Waals surface area (Å²) in [7, 11) is 1.46. The smallest absolute Gasteiger partial charge is 0.311 e. The van der Waals surface area contributed by atoms with Crippen LogP contribution in [0.5, 0.6) is 17.4 Å². The number of methoxy groups -OCH3 is 1. The lowest BCUT2D eigenvalue weighted by atomic mass is 10.2. The minimum absolute atomic E-state index is 0.0344. The average Bonchev–Trinajstić information content (AvgIpc) is 2.47. The van der Waals surface area contributed by atoms with E-state index in [1.807, 2.05) is 6.92 Å². The lowest BCUT2D eigenvalue weighted by Crippen LogP contribution is -2.03. The third-order valence-electron chi connectivity index (χ3n) is 2.86. The number of nitrogen functional groups attached to an aromatic ring is 1. The minimum Gasteiger partial charge on any atom is -0.497 e. The molecular formula is C13H14N4O4. The molecule has 1 aromatic carbocycles. The van der Waals surface area contributed by atoms with Crippen LogP contribution in [0.4, 0.5) is 11.5 Å². The van der Waals surface area contributed by atoms with Crippen LogP contribution in [0.1, 0.15) is 12.5 Å². The van der Waals surface area contributed by atoms with Gasteiger partial charge in [-0.3, -0.25) is 10.1 Å². The highest BCUT2D eigenvalue weighted by atomic mass is 16.6. The maximum atomic E-state index is 11.1. The number of hydrogen-bond acceptors (Lipinski definition) is 7. The molecule has 0 atom stereocenters. The molecule has 8 heteroatoms. The molecular weight excluding hydrogens is 276 g/mol. The van der Waals surface area contributed by atoms with E-state index in [9.17, 15) is 10.1 Å². The summed E-state index contributed by atoms with van der Waals surface area (Å²) < 4.78 is 10.6. The molecule has 0 aliphatic carbocycles. The largest absolute Gasteiger partial charge is 0.497 e. The average molecular weight is 290 g/mol. The molecule has 0 amide bonds. The molecule has 0 aliphatic rings. The summed E-state index contributed by atoms with van der Waals surface area (Å²) in [5.41, 5.74) is 6.16. The Morgan fingerprint density at radius 2 is 2.14 bits per heavy atom. The van der Waals surface area contributed by atoms with E-state index < -0.39 is 4.92 Å². The molecule has 0 fully saturated rings. The van der Waals surface area contributed by atoms with Crippen molar-refractivity contribution >= 4 is 11.5 Å². The summed E-state index contributed by atoms with van der Waals surface area (Å²) in [5, 5.41) is 11.1. The third-order valence-corrected chi connectivity index (χ3v) is 2.86. The molecule has 0 radical (unpaired) electrons. The Morgan fingerprint density at radius 1 is 1.38 bits per heavy atom. The van der Waals surface area contributed by atoms with E-state index in [1.165, 1.54) is 31.6 Å². The molecule has 110 valence electrons. The SMILES string of the molecule is CCc1c(N)ncnc1Oc1cc(OC)ccc1[N+](=O)[O-]. The molecule has 2 rings (SSSR count). The Bertz CT molecular complexity index is 675. The first kappa shape index (κ1) is 14.5. The highest BCUT2D eigenvalue weighted by Crippen LogP contribution is 2.35. The summed E-state index contributed by atoms with van der Waals surface area (Å²) in [6.45, 7) is 1.86. The van der Waals surface area contributed by atoms with Crippen LogP contribution < -0.4 is 15.2 Å². The standard InChI is InChI=1S/C13H14N4O4/c1-3-9-12(14)15-7-16-13(9)21-11-6-8(20-2)4-5-10(11)17(18)19/h4-7H,3H2,1-2H3,(H2,14,15,16). The van der Waals surface area contributed by atoms with Crippen molar-refractivity contribution in [1.82, 2.24) is 9.97 Å². The van der Waals surface area contributed by atoms with E-state index in [2.05, 4.69) is 9.97 Å². The maximum Gasteiger partial charge on any atom is 0.311 e. The zero-order valence-electron chi connectivity index (χ0n) is 11.6. The van der Waals surface area contributed by atoms with Crippen molar-refractivity contribution in [3.05, 3.63) is 40.2 Å². The normalized spacial score (nSPS) is 10.2. The van der Waals surface area contributed by atoms with E-state index in [0.717, 1.165) is 0 Å². The van der Waals surface area contributed by atoms with Gasteiger partial charge in [0.05, 0.1) is 17.6 Å². The molecule has 0 spiro atoms. The molecule has 21 heavy (non-hydrogen) atoms. The maximum absolute atomic E-state index is 11.1. The Labute approximate surface area is 120 Å². The van der Waals surface area contributed by atoms with Gasteiger partial charge in [0.1, 0.15) is 17.9 Å². The predicted molar refractivity (Wildman–Crippen MR) is 75.5 cm³/mol. The van der Waals surface area contributed by atoms with E-state index in [-0.39, 0.29) is 23.1 Å². The Balaban J connectivity index is 2.48. The van der Waals surface area contributed by atoms with Gasteiger partial charge in [-0.25, -0.2) is 9.97 Å². The van der Waals surface area contributed by atoms with Gasteiger partial charge < -0.3 is 15.2 Å². The lowest BCUT2D eigenvalue weighted by Gasteiger charge is -2.11. The molecule has 1 aromatic heterocycles. The van der Waals surface area contributed by atoms with Crippen molar-refractivity contribution in [2.75, 3.05) is 12.8 Å². The quantitative estimate of drug-likeness (QED) is 0.663. The number of nitro groups is 1. The predicted octanol–water partition coefficient (Wildman–Crippen LogP) is 2.33. The van der Waals surface area contributed by atoms with Crippen LogP contribution in [0.3, 0.4) is 0 Å². The second-order valence-corrected chi connectivity index (χ2v) is 4.09. The summed E-state index contributed by atoms with van der Waals surface area (Å²) in [5.74, 6) is 0.956. The van der Waals surface area contributed by atoms with Crippen molar-refractivity contribution in [2.24, 2.45) is 0 Å². The van der Waals surface area contributed by atoms with Gasteiger partial charge in [-0.15, -0.1) is 0 Å². The molecule has 0 aliphatic heterocycles. The molecule has 0 bridgehead atoms. The van der Waals surface area contributed by atoms with Gasteiger partial charge in [-0.1, -0.05) is 6.92 Å². The molecule has 0 unspecified atom stereocenters. The number of aromatic nitrogens is 2. The minimum atomic E-state index is -0.537. The zero-order valence-corrected chi connectivity index (χ0v) is 11.6. The van der Waals surface area contributed by atoms with Crippen LogP contribution in [-0.4, -0.2) is 22.0 Å². The van der Waals surface area contributed by atoms with Gasteiger partial charge >= 0.3 is 5.69 Å². The Kier molecular flexibility index (Phi) is 4.17. The second-order valence-electron chi connectivity index (χ2n) is 4.09. The van der Waals surface area contributed by atoms with Crippen LogP contribution in [0, 0.1) is 10.1 Å². The highest BCUT2D eigenvalue weighted by molar-refractivity contribution is 5.53. The van der Waals surface area contributed by atoms with E-state index >= 15 is 0 Å². The summed E-state index contributed by atoms with van der Waals surface area (Å²) in [6.07, 6.45) is 1.79. The summed E-state index contributed by atoms with van der Waals surface area (Å²) in [6, 6.07) is 4.22. The van der Waals surface area contributed by atoms with Crippen LogP contribution in [0.15, 0.2) is 24.5 Å². The van der Waals surface area contributed by atoms with Gasteiger partial charge in [0.2, 0.25) is 11.6 Å². The number of nitrogens with zero attached hydrogens (tertiary/aromatic N) is 3. The van der Waals surface area contributed by atoms with Crippen LogP contribution >= 0.6 is 0 Å². The number of benzene rings is 1. The van der Waals surface area contributed by atoms with Gasteiger partial charge in [0.25, 0.3) is 0 Å². The monoisotopic (exact) mass is 290 g/mol. The fraction of sp³-hybridized carbons (Fsp3) is 0.231. The third kappa shape index (κ3) is 2.99. The first-order chi connectivity index (χ1) is 10.1. The molecule has 2 aromatic rings. The van der Waals surface area contributed by atoms with Crippen molar-refractivity contribution in [1.29, 1.82) is 0 Å². The number of hydrogen-bond donors (Lipinski definition) is 1. The molecule has 0 saturated carbocycles. The van der Waals surface area contributed by atoms with E-state index in [0.29, 0.717) is 17.7 Å². The van der Waals surface area contributed by atoms with Gasteiger partial charge in [-0.05, 0) is 12.5 Å². The van der Waals surface area contributed by atoms with Crippen molar-refractivity contribution in [3.8, 4) is 17.4 Å².